The highest BCUT2D eigenvalue weighted by Gasteiger charge is 2.18. The fourth-order valence-corrected chi connectivity index (χ4v) is 4.31. The Labute approximate surface area is 178 Å². The molecule has 0 aliphatic rings. The van der Waals surface area contributed by atoms with Crippen molar-refractivity contribution in [3.63, 3.8) is 0 Å². The smallest absolute Gasteiger partial charge is 0.242 e. The predicted octanol–water partition coefficient (Wildman–Crippen LogP) is 4.28. The number of methoxy groups -OCH3 is 1. The molecule has 0 radical (unpaired) electrons. The van der Waals surface area contributed by atoms with Gasteiger partial charge in [-0.3, -0.25) is 0 Å². The van der Waals surface area contributed by atoms with Crippen LogP contribution in [0.1, 0.15) is 32.2 Å². The number of ether oxygens (including phenoxy) is 1. The minimum absolute atomic E-state index is 0.0513. The molecule has 0 bridgehead atoms. The van der Waals surface area contributed by atoms with Gasteiger partial charge in [0.25, 0.3) is 0 Å². The molecule has 0 saturated heterocycles. The van der Waals surface area contributed by atoms with Crippen molar-refractivity contribution in [1.82, 2.24) is 14.9 Å². The van der Waals surface area contributed by atoms with Gasteiger partial charge in [0.1, 0.15) is 5.75 Å². The lowest BCUT2D eigenvalue weighted by Crippen LogP contribution is -2.23. The monoisotopic (exact) mass is 479 g/mol. The lowest BCUT2D eigenvalue weighted by Gasteiger charge is -2.18. The summed E-state index contributed by atoms with van der Waals surface area (Å²) in [4.78, 5) is 4.38. The molecule has 0 unspecified atom stereocenters. The number of nitrogens with zero attached hydrogens (tertiary/aromatic N) is 2. The van der Waals surface area contributed by atoms with Crippen molar-refractivity contribution in [3.05, 3.63) is 58.4 Å². The molecule has 1 aromatic heterocycles. The van der Waals surface area contributed by atoms with E-state index >= 15 is 0 Å². The van der Waals surface area contributed by atoms with Crippen LogP contribution >= 0.6 is 15.9 Å². The zero-order valence-electron chi connectivity index (χ0n) is 16.6. The van der Waals surface area contributed by atoms with Crippen molar-refractivity contribution in [2.45, 2.75) is 37.6 Å². The Bertz CT molecular complexity index is 1100. The minimum atomic E-state index is -3.75. The Kier molecular flexibility index (Phi) is 6.11. The van der Waals surface area contributed by atoms with E-state index in [0.717, 1.165) is 5.56 Å². The van der Waals surface area contributed by atoms with Crippen LogP contribution in [0.5, 0.6) is 5.75 Å². The fraction of sp³-hybridized carbons (Fsp3) is 0.300. The van der Waals surface area contributed by atoms with Gasteiger partial charge in [0.15, 0.2) is 0 Å². The molecule has 0 fully saturated rings. The van der Waals surface area contributed by atoms with Crippen LogP contribution in [-0.2, 0) is 22.0 Å². The minimum Gasteiger partial charge on any atom is -0.496 e. The molecule has 0 spiro atoms. The first-order valence-corrected chi connectivity index (χ1v) is 11.1. The summed E-state index contributed by atoms with van der Waals surface area (Å²) in [6, 6.07) is 12.4. The maximum atomic E-state index is 12.5. The van der Waals surface area contributed by atoms with E-state index in [1.807, 2.05) is 24.3 Å². The van der Waals surface area contributed by atoms with E-state index in [9.17, 15) is 8.42 Å². The number of nitrogens with one attached hydrogen (secondary N) is 1. The Hall–Kier alpha value is -2.23. The lowest BCUT2D eigenvalue weighted by atomic mass is 9.87. The van der Waals surface area contributed by atoms with Gasteiger partial charge in [-0.15, -0.1) is 0 Å². The van der Waals surface area contributed by atoms with E-state index in [0.29, 0.717) is 16.0 Å². The van der Waals surface area contributed by atoms with Gasteiger partial charge in [-0.1, -0.05) is 50.2 Å². The van der Waals surface area contributed by atoms with Gasteiger partial charge >= 0.3 is 0 Å². The number of benzene rings is 2. The molecule has 2 aromatic carbocycles. The van der Waals surface area contributed by atoms with E-state index in [-0.39, 0.29) is 22.7 Å². The maximum absolute atomic E-state index is 12.5. The predicted molar refractivity (Wildman–Crippen MR) is 113 cm³/mol. The van der Waals surface area contributed by atoms with Gasteiger partial charge in [0.05, 0.1) is 23.0 Å². The van der Waals surface area contributed by atoms with Crippen LogP contribution in [0.25, 0.3) is 11.4 Å². The van der Waals surface area contributed by atoms with E-state index in [1.54, 1.807) is 6.07 Å². The quantitative estimate of drug-likeness (QED) is 0.566. The molecule has 29 heavy (non-hydrogen) atoms. The molecule has 0 amide bonds. The number of rotatable bonds is 6. The van der Waals surface area contributed by atoms with Gasteiger partial charge in [-0.2, -0.15) is 4.98 Å². The van der Waals surface area contributed by atoms with Gasteiger partial charge in [-0.05, 0) is 45.1 Å². The normalized spacial score (nSPS) is 12.2. The van der Waals surface area contributed by atoms with Crippen LogP contribution in [0.15, 0.2) is 56.4 Å². The molecule has 1 N–H and O–H groups in total. The molecule has 0 saturated carbocycles. The van der Waals surface area contributed by atoms with Crippen molar-refractivity contribution >= 4 is 26.0 Å². The third-order valence-electron chi connectivity index (χ3n) is 4.32. The van der Waals surface area contributed by atoms with Crippen molar-refractivity contribution in [3.8, 4) is 17.1 Å². The summed E-state index contributed by atoms with van der Waals surface area (Å²) in [7, 11) is -2.24. The highest BCUT2D eigenvalue weighted by atomic mass is 79.9. The number of sulfonamides is 1. The van der Waals surface area contributed by atoms with Crippen LogP contribution < -0.4 is 9.46 Å². The Morgan fingerprint density at radius 2 is 1.83 bits per heavy atom. The molecular formula is C20H22BrN3O4S. The molecule has 3 aromatic rings. The van der Waals surface area contributed by atoms with Gasteiger partial charge in [0.2, 0.25) is 21.7 Å². The first-order chi connectivity index (χ1) is 13.6. The summed E-state index contributed by atoms with van der Waals surface area (Å²) in [6.45, 7) is 6.31. The van der Waals surface area contributed by atoms with E-state index in [4.69, 9.17) is 9.26 Å². The lowest BCUT2D eigenvalue weighted by molar-refractivity contribution is 0.376. The molecule has 1 heterocycles. The SMILES string of the molecule is COc1ccc(S(=O)(=O)NCc2nc(-c3ccc(C(C)(C)C)cc3)no2)cc1Br. The average Bonchev–Trinajstić information content (AvgIpc) is 3.15. The first kappa shape index (κ1) is 21.5. The van der Waals surface area contributed by atoms with Crippen LogP contribution in [0, 0.1) is 0 Å². The fourth-order valence-electron chi connectivity index (χ4n) is 2.62. The molecule has 3 rings (SSSR count). The molecule has 0 aliphatic carbocycles. The van der Waals surface area contributed by atoms with Crippen molar-refractivity contribution < 1.29 is 17.7 Å². The summed E-state index contributed by atoms with van der Waals surface area (Å²) >= 11 is 3.28. The molecule has 0 aliphatic heterocycles. The summed E-state index contributed by atoms with van der Waals surface area (Å²) in [5, 5.41) is 3.94. The second-order valence-corrected chi connectivity index (χ2v) is 10.1. The van der Waals surface area contributed by atoms with Gasteiger partial charge in [0, 0.05) is 5.56 Å². The van der Waals surface area contributed by atoms with Crippen molar-refractivity contribution in [2.75, 3.05) is 7.11 Å². The Morgan fingerprint density at radius 3 is 2.41 bits per heavy atom. The second-order valence-electron chi connectivity index (χ2n) is 7.46. The molecule has 154 valence electrons. The summed E-state index contributed by atoms with van der Waals surface area (Å²) in [6.07, 6.45) is 0. The standard InChI is InChI=1S/C20H22BrN3O4S/c1-20(2,3)14-7-5-13(6-8-14)19-23-18(28-24-19)12-22-29(25,26)15-9-10-17(27-4)16(21)11-15/h5-11,22H,12H2,1-4H3. The second kappa shape index (κ2) is 8.25. The number of hydrogen-bond acceptors (Lipinski definition) is 6. The van der Waals surface area contributed by atoms with Crippen LogP contribution in [-0.4, -0.2) is 25.7 Å². The number of hydrogen-bond donors (Lipinski definition) is 1. The van der Waals surface area contributed by atoms with Crippen molar-refractivity contribution in [1.29, 1.82) is 0 Å². The third-order valence-corrected chi connectivity index (χ3v) is 6.34. The molecule has 9 heteroatoms. The Morgan fingerprint density at radius 1 is 1.14 bits per heavy atom. The highest BCUT2D eigenvalue weighted by molar-refractivity contribution is 9.10. The van der Waals surface area contributed by atoms with E-state index in [2.05, 4.69) is 51.6 Å². The zero-order chi connectivity index (χ0) is 21.2. The maximum Gasteiger partial charge on any atom is 0.242 e. The zero-order valence-corrected chi connectivity index (χ0v) is 19.0. The van der Waals surface area contributed by atoms with Crippen LogP contribution in [0.3, 0.4) is 0 Å². The van der Waals surface area contributed by atoms with Crippen LogP contribution in [0.4, 0.5) is 0 Å². The van der Waals surface area contributed by atoms with Gasteiger partial charge in [-0.25, -0.2) is 13.1 Å². The topological polar surface area (TPSA) is 94.3 Å². The molecular weight excluding hydrogens is 458 g/mol. The largest absolute Gasteiger partial charge is 0.496 e. The number of halogens is 1. The van der Waals surface area contributed by atoms with E-state index in [1.165, 1.54) is 24.8 Å². The van der Waals surface area contributed by atoms with Crippen LogP contribution in [0.2, 0.25) is 0 Å². The summed E-state index contributed by atoms with van der Waals surface area (Å²) < 4.78 is 38.3. The Balaban J connectivity index is 1.71. The molecule has 7 nitrogen and oxygen atoms in total. The summed E-state index contributed by atoms with van der Waals surface area (Å²) in [5.41, 5.74) is 2.05. The third kappa shape index (κ3) is 5.04. The van der Waals surface area contributed by atoms with Crippen molar-refractivity contribution in [2.24, 2.45) is 0 Å². The summed E-state index contributed by atoms with van der Waals surface area (Å²) in [5.74, 6) is 1.13. The molecule has 0 atom stereocenters. The number of aromatic nitrogens is 2. The van der Waals surface area contributed by atoms with E-state index < -0.39 is 10.0 Å². The highest BCUT2D eigenvalue weighted by Crippen LogP contribution is 2.28. The first-order valence-electron chi connectivity index (χ1n) is 8.87. The average molecular weight is 480 g/mol. The van der Waals surface area contributed by atoms with Gasteiger partial charge < -0.3 is 9.26 Å².